The number of imidazole rings is 1. The van der Waals surface area contributed by atoms with E-state index in [1.165, 1.54) is 35.2 Å². The lowest BCUT2D eigenvalue weighted by Crippen LogP contribution is -2.27. The van der Waals surface area contributed by atoms with Crippen LogP contribution in [0.5, 0.6) is 0 Å². The van der Waals surface area contributed by atoms with Gasteiger partial charge in [0.05, 0.1) is 9.73 Å². The van der Waals surface area contributed by atoms with Crippen LogP contribution in [-0.2, 0) is 15.1 Å². The molecule has 1 amide bonds. The van der Waals surface area contributed by atoms with Gasteiger partial charge in [-0.1, -0.05) is 5.16 Å². The number of carbonyl (C=O) groups excluding carboxylic acids is 1. The fraction of sp³-hybridized carbons (Fsp3) is 0.375. The second-order valence-electron chi connectivity index (χ2n) is 7.04. The normalized spacial score (nSPS) is 14.8. The molecule has 0 N–H and O–H groups in total. The van der Waals surface area contributed by atoms with Gasteiger partial charge in [-0.05, 0) is 44.5 Å². The van der Waals surface area contributed by atoms with Crippen molar-refractivity contribution >= 4 is 32.9 Å². The zero-order chi connectivity index (χ0) is 20.9. The molecule has 0 aliphatic heterocycles. The standard InChI is InChI=1S/C16H16ClF2N5O3S/c1-15(2,3)28(4,26)23-13(25)10-8-24-6-5-9(7-11(24)20-10)12-21-14(27-22-12)16(17,18)19/h5-8H,1-4H3. The van der Waals surface area contributed by atoms with E-state index < -0.39 is 31.7 Å². The second kappa shape index (κ2) is 6.59. The third-order valence-corrected chi connectivity index (χ3v) is 6.95. The number of halogens is 3. The Morgan fingerprint density at radius 3 is 2.57 bits per heavy atom. The molecular weight excluding hydrogens is 416 g/mol. The summed E-state index contributed by atoms with van der Waals surface area (Å²) in [7, 11) is -2.78. The first-order chi connectivity index (χ1) is 12.8. The molecular formula is C16H16ClF2N5O3S. The van der Waals surface area contributed by atoms with E-state index >= 15 is 0 Å². The van der Waals surface area contributed by atoms with E-state index in [9.17, 15) is 17.8 Å². The fourth-order valence-corrected chi connectivity index (χ4v) is 2.78. The first-order valence-electron chi connectivity index (χ1n) is 7.94. The van der Waals surface area contributed by atoms with Gasteiger partial charge < -0.3 is 8.92 Å². The van der Waals surface area contributed by atoms with Crippen LogP contribution in [0.3, 0.4) is 0 Å². The number of amides is 1. The van der Waals surface area contributed by atoms with Crippen LogP contribution < -0.4 is 0 Å². The van der Waals surface area contributed by atoms with Crippen molar-refractivity contribution in [2.24, 2.45) is 4.36 Å². The topological polar surface area (TPSA) is 103 Å². The summed E-state index contributed by atoms with van der Waals surface area (Å²) in [5, 5.41) is -0.308. The van der Waals surface area contributed by atoms with Gasteiger partial charge in [0, 0.05) is 29.0 Å². The smallest absolute Gasteiger partial charge is 0.331 e. The van der Waals surface area contributed by atoms with Gasteiger partial charge >= 0.3 is 17.2 Å². The van der Waals surface area contributed by atoms with Crippen LogP contribution in [-0.4, -0.2) is 40.6 Å². The summed E-state index contributed by atoms with van der Waals surface area (Å²) < 4.78 is 47.8. The minimum absolute atomic E-state index is 0.00272. The lowest BCUT2D eigenvalue weighted by atomic mass is 10.2. The number of aromatic nitrogens is 4. The minimum Gasteiger partial charge on any atom is -0.331 e. The summed E-state index contributed by atoms with van der Waals surface area (Å²) in [5.74, 6) is -1.85. The molecule has 12 heteroatoms. The van der Waals surface area contributed by atoms with Gasteiger partial charge in [0.15, 0.2) is 0 Å². The van der Waals surface area contributed by atoms with E-state index in [0.29, 0.717) is 11.2 Å². The number of rotatable bonds is 3. The van der Waals surface area contributed by atoms with Crippen LogP contribution in [0.25, 0.3) is 17.0 Å². The van der Waals surface area contributed by atoms with Crippen LogP contribution in [0.1, 0.15) is 37.2 Å². The first-order valence-corrected chi connectivity index (χ1v) is 10.2. The van der Waals surface area contributed by atoms with Crippen molar-refractivity contribution in [3.05, 3.63) is 36.1 Å². The van der Waals surface area contributed by atoms with Gasteiger partial charge in [0.1, 0.15) is 11.3 Å². The molecule has 3 aromatic rings. The highest BCUT2D eigenvalue weighted by Gasteiger charge is 2.35. The molecule has 3 rings (SSSR count). The zero-order valence-electron chi connectivity index (χ0n) is 15.3. The van der Waals surface area contributed by atoms with E-state index in [0.717, 1.165) is 0 Å². The maximum Gasteiger partial charge on any atom is 0.400 e. The molecule has 0 aliphatic rings. The molecule has 0 saturated carbocycles. The van der Waals surface area contributed by atoms with E-state index in [2.05, 4.69) is 24.0 Å². The van der Waals surface area contributed by atoms with Crippen molar-refractivity contribution in [1.29, 1.82) is 0 Å². The predicted octanol–water partition coefficient (Wildman–Crippen LogP) is 3.71. The average molecular weight is 432 g/mol. The Labute approximate surface area is 164 Å². The Morgan fingerprint density at radius 1 is 1.32 bits per heavy atom. The highest BCUT2D eigenvalue weighted by molar-refractivity contribution is 7.94. The average Bonchev–Trinajstić information content (AvgIpc) is 3.19. The van der Waals surface area contributed by atoms with Crippen molar-refractivity contribution in [3.63, 3.8) is 0 Å². The van der Waals surface area contributed by atoms with Crippen molar-refractivity contribution in [1.82, 2.24) is 19.5 Å². The van der Waals surface area contributed by atoms with Crippen LogP contribution in [0.2, 0.25) is 0 Å². The summed E-state index contributed by atoms with van der Waals surface area (Å²) in [5.41, 5.74) is 0.648. The Kier molecular flexibility index (Phi) is 4.79. The Hall–Kier alpha value is -2.40. The highest BCUT2D eigenvalue weighted by Crippen LogP contribution is 2.32. The SMILES string of the molecule is CC(C)(C)S(C)(=O)=NC(=O)c1cn2ccc(-c3noc(C(F)(F)Cl)n3)cc2n1. The lowest BCUT2D eigenvalue weighted by Gasteiger charge is -2.19. The maximum atomic E-state index is 13.0. The molecule has 1 unspecified atom stereocenters. The van der Waals surface area contributed by atoms with Crippen molar-refractivity contribution < 1.29 is 22.3 Å². The number of nitrogens with zero attached hydrogens (tertiary/aromatic N) is 5. The molecule has 3 aromatic heterocycles. The van der Waals surface area contributed by atoms with E-state index in [1.807, 2.05) is 0 Å². The van der Waals surface area contributed by atoms with Crippen molar-refractivity contribution in [3.8, 4) is 11.4 Å². The largest absolute Gasteiger partial charge is 0.400 e. The van der Waals surface area contributed by atoms with Gasteiger partial charge in [-0.3, -0.25) is 4.79 Å². The van der Waals surface area contributed by atoms with E-state index in [1.54, 1.807) is 20.8 Å². The van der Waals surface area contributed by atoms with E-state index in [-0.39, 0.29) is 11.5 Å². The van der Waals surface area contributed by atoms with Crippen molar-refractivity contribution in [2.45, 2.75) is 30.9 Å². The van der Waals surface area contributed by atoms with Crippen LogP contribution >= 0.6 is 11.6 Å². The summed E-state index contributed by atoms with van der Waals surface area (Å²) in [6.07, 6.45) is 4.38. The monoisotopic (exact) mass is 431 g/mol. The summed E-state index contributed by atoms with van der Waals surface area (Å²) in [4.78, 5) is 20.1. The number of hydrogen-bond acceptors (Lipinski definition) is 6. The van der Waals surface area contributed by atoms with Crippen LogP contribution in [0.15, 0.2) is 33.4 Å². The van der Waals surface area contributed by atoms with Gasteiger partial charge in [0.2, 0.25) is 5.82 Å². The van der Waals surface area contributed by atoms with Crippen LogP contribution in [0.4, 0.5) is 8.78 Å². The molecule has 0 aromatic carbocycles. The predicted molar refractivity (Wildman–Crippen MR) is 98.8 cm³/mol. The number of alkyl halides is 3. The molecule has 8 nitrogen and oxygen atoms in total. The zero-order valence-corrected chi connectivity index (χ0v) is 16.9. The molecule has 0 bridgehead atoms. The van der Waals surface area contributed by atoms with Crippen molar-refractivity contribution in [2.75, 3.05) is 6.26 Å². The number of fused-ring (bicyclic) bond motifs is 1. The third kappa shape index (κ3) is 3.90. The summed E-state index contributed by atoms with van der Waals surface area (Å²) >= 11 is 4.86. The molecule has 150 valence electrons. The molecule has 0 spiro atoms. The number of carbonyl (C=O) groups is 1. The number of pyridine rings is 1. The van der Waals surface area contributed by atoms with Gasteiger partial charge in [-0.2, -0.15) is 18.1 Å². The van der Waals surface area contributed by atoms with E-state index in [4.69, 9.17) is 11.6 Å². The Bertz CT molecular complexity index is 1180. The molecule has 0 aliphatic carbocycles. The molecule has 28 heavy (non-hydrogen) atoms. The molecule has 0 fully saturated rings. The van der Waals surface area contributed by atoms with Gasteiger partial charge in [0.25, 0.3) is 0 Å². The quantitative estimate of drug-likeness (QED) is 0.585. The number of hydrogen-bond donors (Lipinski definition) is 0. The first kappa shape index (κ1) is 20.3. The maximum absolute atomic E-state index is 13.0. The molecule has 1 atom stereocenters. The summed E-state index contributed by atoms with van der Waals surface area (Å²) in [6.45, 7) is 5.18. The highest BCUT2D eigenvalue weighted by atomic mass is 35.5. The lowest BCUT2D eigenvalue weighted by molar-refractivity contribution is 0.0551. The Morgan fingerprint density at radius 2 is 2.00 bits per heavy atom. The van der Waals surface area contributed by atoms with Gasteiger partial charge in [-0.15, -0.1) is 0 Å². The molecule has 0 radical (unpaired) electrons. The van der Waals surface area contributed by atoms with Gasteiger partial charge in [-0.25, -0.2) is 9.19 Å². The minimum atomic E-state index is -3.77. The third-order valence-electron chi connectivity index (χ3n) is 4.00. The fourth-order valence-electron chi connectivity index (χ4n) is 2.02. The van der Waals surface area contributed by atoms with Crippen LogP contribution in [0, 0.1) is 0 Å². The second-order valence-corrected chi connectivity index (χ2v) is 10.5. The molecule has 3 heterocycles. The summed E-state index contributed by atoms with van der Waals surface area (Å²) in [6, 6.07) is 3.00. The Balaban J connectivity index is 1.98. The molecule has 0 saturated heterocycles.